The van der Waals surface area contributed by atoms with Crippen LogP contribution in [0.1, 0.15) is 28.4 Å². The molecule has 0 bridgehead atoms. The first-order chi connectivity index (χ1) is 12.5. The maximum Gasteiger partial charge on any atom is 0.323 e. The summed E-state index contributed by atoms with van der Waals surface area (Å²) in [4.78, 5) is 25.6. The van der Waals surface area contributed by atoms with Gasteiger partial charge >= 0.3 is 5.97 Å². The van der Waals surface area contributed by atoms with Crippen molar-refractivity contribution in [3.05, 3.63) is 59.2 Å². The zero-order chi connectivity index (χ0) is 19.1. The summed E-state index contributed by atoms with van der Waals surface area (Å²) in [7, 11) is 3.08. The van der Waals surface area contributed by atoms with Crippen molar-refractivity contribution < 1.29 is 24.2 Å². The minimum atomic E-state index is -1.07. The van der Waals surface area contributed by atoms with Gasteiger partial charge in [0.2, 0.25) is 0 Å². The normalized spacial score (nSPS) is 10.3. The van der Waals surface area contributed by atoms with Crippen molar-refractivity contribution in [3.63, 3.8) is 0 Å². The Hall–Kier alpha value is -3.02. The second kappa shape index (κ2) is 8.89. The van der Waals surface area contributed by atoms with Gasteiger partial charge in [0.1, 0.15) is 18.0 Å². The van der Waals surface area contributed by atoms with Crippen molar-refractivity contribution in [2.45, 2.75) is 19.9 Å². The Morgan fingerprint density at radius 2 is 1.65 bits per heavy atom. The minimum Gasteiger partial charge on any atom is -0.497 e. The molecule has 0 spiro atoms. The molecular formula is C20H23NO5. The van der Waals surface area contributed by atoms with Gasteiger partial charge < -0.3 is 19.5 Å². The SMILES string of the molecule is CCc1ccccc1C(=O)N(CC(=O)O)Cc1cc(OC)cc(OC)c1. The average Bonchev–Trinajstić information content (AvgIpc) is 2.66. The van der Waals surface area contributed by atoms with Gasteiger partial charge in [-0.05, 0) is 35.7 Å². The zero-order valence-electron chi connectivity index (χ0n) is 15.2. The lowest BCUT2D eigenvalue weighted by molar-refractivity contribution is -0.137. The van der Waals surface area contributed by atoms with Crippen LogP contribution in [0.2, 0.25) is 0 Å². The number of carbonyl (C=O) groups is 2. The topological polar surface area (TPSA) is 76.1 Å². The van der Waals surface area contributed by atoms with Gasteiger partial charge in [-0.15, -0.1) is 0 Å². The highest BCUT2D eigenvalue weighted by atomic mass is 16.5. The molecule has 0 aliphatic heterocycles. The van der Waals surface area contributed by atoms with Gasteiger partial charge in [0.25, 0.3) is 5.91 Å². The monoisotopic (exact) mass is 357 g/mol. The van der Waals surface area contributed by atoms with E-state index in [2.05, 4.69) is 0 Å². The summed E-state index contributed by atoms with van der Waals surface area (Å²) in [5.41, 5.74) is 2.13. The molecular weight excluding hydrogens is 334 g/mol. The lowest BCUT2D eigenvalue weighted by atomic mass is 10.0. The Kier molecular flexibility index (Phi) is 6.60. The standard InChI is InChI=1S/C20H23NO5/c1-4-15-7-5-6-8-18(15)20(24)21(13-19(22)23)12-14-9-16(25-2)11-17(10-14)26-3/h5-11H,4,12-13H2,1-3H3,(H,22,23). The molecule has 0 saturated carbocycles. The zero-order valence-corrected chi connectivity index (χ0v) is 15.2. The maximum atomic E-state index is 13.0. The van der Waals surface area contributed by atoms with Crippen LogP contribution >= 0.6 is 0 Å². The summed E-state index contributed by atoms with van der Waals surface area (Å²) in [6.45, 7) is 1.70. The Morgan fingerprint density at radius 1 is 1.04 bits per heavy atom. The van der Waals surface area contributed by atoms with Gasteiger partial charge in [-0.1, -0.05) is 25.1 Å². The van der Waals surface area contributed by atoms with Gasteiger partial charge in [-0.3, -0.25) is 9.59 Å². The first kappa shape index (κ1) is 19.3. The summed E-state index contributed by atoms with van der Waals surface area (Å²) in [6.07, 6.45) is 0.690. The summed E-state index contributed by atoms with van der Waals surface area (Å²) >= 11 is 0. The number of carboxylic acid groups (broad SMARTS) is 1. The van der Waals surface area contributed by atoms with E-state index in [1.807, 2.05) is 19.1 Å². The molecule has 26 heavy (non-hydrogen) atoms. The summed E-state index contributed by atoms with van der Waals surface area (Å²) in [5.74, 6) is -0.221. The van der Waals surface area contributed by atoms with E-state index in [1.165, 1.54) is 19.1 Å². The Bertz CT molecular complexity index is 765. The summed E-state index contributed by atoms with van der Waals surface area (Å²) in [5, 5.41) is 9.24. The quantitative estimate of drug-likeness (QED) is 0.786. The van der Waals surface area contributed by atoms with Crippen LogP contribution in [0.5, 0.6) is 11.5 Å². The van der Waals surface area contributed by atoms with E-state index in [9.17, 15) is 14.7 Å². The molecule has 2 aromatic rings. The number of carboxylic acids is 1. The third kappa shape index (κ3) is 4.75. The van der Waals surface area contributed by atoms with E-state index in [-0.39, 0.29) is 12.5 Å². The van der Waals surface area contributed by atoms with Crippen molar-refractivity contribution in [2.24, 2.45) is 0 Å². The van der Waals surface area contributed by atoms with Crippen LogP contribution in [0.3, 0.4) is 0 Å². The molecule has 0 aliphatic carbocycles. The molecule has 2 aromatic carbocycles. The molecule has 6 heteroatoms. The molecule has 2 rings (SSSR count). The second-order valence-corrected chi connectivity index (χ2v) is 5.79. The number of aryl methyl sites for hydroxylation is 1. The van der Waals surface area contributed by atoms with Gasteiger partial charge in [0.15, 0.2) is 0 Å². The number of rotatable bonds is 8. The molecule has 0 atom stereocenters. The Balaban J connectivity index is 2.36. The summed E-state index contributed by atoms with van der Waals surface area (Å²) in [6, 6.07) is 12.5. The largest absolute Gasteiger partial charge is 0.497 e. The number of aliphatic carboxylic acids is 1. The fraction of sp³-hybridized carbons (Fsp3) is 0.300. The van der Waals surface area contributed by atoms with E-state index in [4.69, 9.17) is 9.47 Å². The smallest absolute Gasteiger partial charge is 0.323 e. The highest BCUT2D eigenvalue weighted by Crippen LogP contribution is 2.24. The number of ether oxygens (including phenoxy) is 2. The lowest BCUT2D eigenvalue weighted by Crippen LogP contribution is -2.35. The molecule has 0 aliphatic rings. The van der Waals surface area contributed by atoms with E-state index in [0.717, 1.165) is 11.1 Å². The predicted molar refractivity (Wildman–Crippen MR) is 97.7 cm³/mol. The van der Waals surface area contributed by atoms with Crippen molar-refractivity contribution in [2.75, 3.05) is 20.8 Å². The fourth-order valence-corrected chi connectivity index (χ4v) is 2.75. The Morgan fingerprint density at radius 3 is 2.19 bits per heavy atom. The number of benzene rings is 2. The van der Waals surface area contributed by atoms with Crippen molar-refractivity contribution in [1.82, 2.24) is 4.90 Å². The molecule has 1 amide bonds. The van der Waals surface area contributed by atoms with Crippen molar-refractivity contribution >= 4 is 11.9 Å². The van der Waals surface area contributed by atoms with Crippen LogP contribution < -0.4 is 9.47 Å². The molecule has 138 valence electrons. The molecule has 6 nitrogen and oxygen atoms in total. The molecule has 0 fully saturated rings. The second-order valence-electron chi connectivity index (χ2n) is 5.79. The first-order valence-electron chi connectivity index (χ1n) is 8.29. The third-order valence-electron chi connectivity index (χ3n) is 4.03. The molecule has 1 N–H and O–H groups in total. The van der Waals surface area contributed by atoms with Crippen LogP contribution in [0.15, 0.2) is 42.5 Å². The van der Waals surface area contributed by atoms with Crippen LogP contribution in [-0.4, -0.2) is 42.6 Å². The first-order valence-corrected chi connectivity index (χ1v) is 8.29. The van der Waals surface area contributed by atoms with Gasteiger partial charge in [0, 0.05) is 18.2 Å². The Labute approximate surface area is 153 Å². The van der Waals surface area contributed by atoms with E-state index < -0.39 is 12.5 Å². The van der Waals surface area contributed by atoms with Crippen LogP contribution in [0, 0.1) is 0 Å². The van der Waals surface area contributed by atoms with Crippen LogP contribution in [0.4, 0.5) is 0 Å². The van der Waals surface area contributed by atoms with E-state index in [1.54, 1.807) is 30.3 Å². The van der Waals surface area contributed by atoms with Gasteiger partial charge in [-0.2, -0.15) is 0 Å². The highest BCUT2D eigenvalue weighted by Gasteiger charge is 2.21. The lowest BCUT2D eigenvalue weighted by Gasteiger charge is -2.22. The van der Waals surface area contributed by atoms with Crippen LogP contribution in [0.25, 0.3) is 0 Å². The molecule has 0 unspecified atom stereocenters. The predicted octanol–water partition coefficient (Wildman–Crippen LogP) is 2.99. The van der Waals surface area contributed by atoms with Gasteiger partial charge in [-0.25, -0.2) is 0 Å². The third-order valence-corrected chi connectivity index (χ3v) is 4.03. The molecule has 0 radical (unpaired) electrons. The number of carbonyl (C=O) groups excluding carboxylic acids is 1. The fourth-order valence-electron chi connectivity index (χ4n) is 2.75. The number of amides is 1. The van der Waals surface area contributed by atoms with Crippen molar-refractivity contribution in [3.8, 4) is 11.5 Å². The molecule has 0 aromatic heterocycles. The number of methoxy groups -OCH3 is 2. The minimum absolute atomic E-state index is 0.136. The molecule has 0 heterocycles. The number of hydrogen-bond acceptors (Lipinski definition) is 4. The van der Waals surface area contributed by atoms with Gasteiger partial charge in [0.05, 0.1) is 14.2 Å². The van der Waals surface area contributed by atoms with E-state index in [0.29, 0.717) is 23.5 Å². The average molecular weight is 357 g/mol. The van der Waals surface area contributed by atoms with Crippen molar-refractivity contribution in [1.29, 1.82) is 0 Å². The maximum absolute atomic E-state index is 13.0. The number of nitrogens with zero attached hydrogens (tertiary/aromatic N) is 1. The van der Waals surface area contributed by atoms with E-state index >= 15 is 0 Å². The molecule has 0 saturated heterocycles. The highest BCUT2D eigenvalue weighted by molar-refractivity contribution is 5.97. The number of hydrogen-bond donors (Lipinski definition) is 1. The summed E-state index contributed by atoms with van der Waals surface area (Å²) < 4.78 is 10.5. The van der Waals surface area contributed by atoms with Crippen LogP contribution in [-0.2, 0) is 17.8 Å².